The molecule has 0 radical (unpaired) electrons. The molecule has 1 amide bonds. The highest BCUT2D eigenvalue weighted by Gasteiger charge is 2.16. The number of hydrogen-bond donors (Lipinski definition) is 3. The molecule has 0 bridgehead atoms. The number of hydrogen-bond acceptors (Lipinski definition) is 7. The van der Waals surface area contributed by atoms with Gasteiger partial charge in [-0.05, 0) is 32.0 Å². The number of aryl methyl sites for hydroxylation is 2. The summed E-state index contributed by atoms with van der Waals surface area (Å²) in [6, 6.07) is 4.86. The van der Waals surface area contributed by atoms with Gasteiger partial charge in [0.1, 0.15) is 11.5 Å². The molecule has 2 aromatic heterocycles. The van der Waals surface area contributed by atoms with Crippen molar-refractivity contribution >= 4 is 5.91 Å². The van der Waals surface area contributed by atoms with Gasteiger partial charge in [-0.25, -0.2) is 4.98 Å². The molecule has 9 nitrogen and oxygen atoms in total. The fraction of sp³-hybridized carbons (Fsp3) is 0.250. The Morgan fingerprint density at radius 1 is 1.36 bits per heavy atom. The van der Waals surface area contributed by atoms with Crippen molar-refractivity contribution in [1.82, 2.24) is 25.7 Å². The highest BCUT2D eigenvalue weighted by Crippen LogP contribution is 2.31. The van der Waals surface area contributed by atoms with Crippen LogP contribution in [0.5, 0.6) is 11.5 Å². The van der Waals surface area contributed by atoms with Crippen LogP contribution in [0.25, 0.3) is 11.5 Å². The number of phenolic OH excluding ortho intramolecular Hbond substituents is 1. The third kappa shape index (κ3) is 3.30. The zero-order chi connectivity index (χ0) is 18.0. The minimum absolute atomic E-state index is 0.00721. The number of carbonyl (C=O) groups excluding carboxylic acids is 1. The van der Waals surface area contributed by atoms with Crippen LogP contribution in [0.3, 0.4) is 0 Å². The van der Waals surface area contributed by atoms with Crippen LogP contribution in [0, 0.1) is 13.8 Å². The number of rotatable bonds is 5. The van der Waals surface area contributed by atoms with Crippen LogP contribution in [0.4, 0.5) is 0 Å². The minimum atomic E-state index is -0.350. The van der Waals surface area contributed by atoms with Gasteiger partial charge in [-0.1, -0.05) is 0 Å². The van der Waals surface area contributed by atoms with Crippen LogP contribution in [0.2, 0.25) is 0 Å². The van der Waals surface area contributed by atoms with Gasteiger partial charge in [-0.2, -0.15) is 15.4 Å². The maximum absolute atomic E-state index is 12.1. The first-order valence-electron chi connectivity index (χ1n) is 7.49. The third-order valence-corrected chi connectivity index (χ3v) is 3.67. The van der Waals surface area contributed by atoms with Gasteiger partial charge < -0.3 is 19.6 Å². The zero-order valence-corrected chi connectivity index (χ0v) is 14.0. The number of carbonyl (C=O) groups is 1. The summed E-state index contributed by atoms with van der Waals surface area (Å²) >= 11 is 0. The van der Waals surface area contributed by atoms with Gasteiger partial charge in [0, 0.05) is 5.56 Å². The minimum Gasteiger partial charge on any atom is -0.504 e. The molecule has 0 aliphatic rings. The summed E-state index contributed by atoms with van der Waals surface area (Å²) in [4.78, 5) is 16.4. The van der Waals surface area contributed by atoms with Crippen LogP contribution in [0.15, 0.2) is 22.6 Å². The van der Waals surface area contributed by atoms with Gasteiger partial charge in [-0.3, -0.25) is 4.79 Å². The number of phenols is 1. The molecule has 0 saturated heterocycles. The molecule has 0 atom stereocenters. The molecule has 0 aliphatic carbocycles. The van der Waals surface area contributed by atoms with Crippen LogP contribution in [-0.2, 0) is 6.54 Å². The first-order chi connectivity index (χ1) is 12.0. The summed E-state index contributed by atoms with van der Waals surface area (Å²) < 4.78 is 10.6. The highest BCUT2D eigenvalue weighted by atomic mass is 16.5. The zero-order valence-electron chi connectivity index (χ0n) is 14.0. The molecular weight excluding hydrogens is 326 g/mol. The smallest absolute Gasteiger partial charge is 0.274 e. The Bertz CT molecular complexity index is 915. The summed E-state index contributed by atoms with van der Waals surface area (Å²) in [7, 11) is 1.47. The monoisotopic (exact) mass is 343 g/mol. The van der Waals surface area contributed by atoms with Crippen LogP contribution in [-0.4, -0.2) is 38.5 Å². The van der Waals surface area contributed by atoms with Crippen molar-refractivity contribution in [2.75, 3.05) is 7.11 Å². The van der Waals surface area contributed by atoms with Crippen molar-refractivity contribution in [2.45, 2.75) is 20.4 Å². The van der Waals surface area contributed by atoms with Gasteiger partial charge in [-0.15, -0.1) is 0 Å². The van der Waals surface area contributed by atoms with E-state index in [9.17, 15) is 9.90 Å². The van der Waals surface area contributed by atoms with Crippen LogP contribution in [0.1, 0.15) is 27.6 Å². The SMILES string of the molecule is COc1ccc(-c2nc(CNC(=O)c3n[nH]nc3C)c(C)o2)cc1O. The van der Waals surface area contributed by atoms with E-state index in [1.807, 2.05) is 0 Å². The number of nitrogens with one attached hydrogen (secondary N) is 2. The van der Waals surface area contributed by atoms with E-state index in [-0.39, 0.29) is 23.9 Å². The number of ether oxygens (including phenoxy) is 1. The molecule has 3 aromatic rings. The quantitative estimate of drug-likeness (QED) is 0.644. The van der Waals surface area contributed by atoms with Gasteiger partial charge in [0.05, 0.1) is 19.3 Å². The molecule has 0 fully saturated rings. The van der Waals surface area contributed by atoms with Gasteiger partial charge in [0.15, 0.2) is 17.2 Å². The second-order valence-electron chi connectivity index (χ2n) is 5.35. The molecule has 2 heterocycles. The molecule has 9 heteroatoms. The Hall–Kier alpha value is -3.36. The number of oxazole rings is 1. The first-order valence-corrected chi connectivity index (χ1v) is 7.49. The largest absolute Gasteiger partial charge is 0.504 e. The molecular formula is C16H17N5O4. The van der Waals surface area contributed by atoms with E-state index in [2.05, 4.69) is 25.7 Å². The fourth-order valence-electron chi connectivity index (χ4n) is 2.29. The van der Waals surface area contributed by atoms with Crippen molar-refractivity contribution in [1.29, 1.82) is 0 Å². The maximum Gasteiger partial charge on any atom is 0.274 e. The number of nitrogens with zero attached hydrogens (tertiary/aromatic N) is 3. The molecule has 0 saturated carbocycles. The lowest BCUT2D eigenvalue weighted by molar-refractivity contribution is 0.0944. The maximum atomic E-state index is 12.1. The fourth-order valence-corrected chi connectivity index (χ4v) is 2.29. The van der Waals surface area contributed by atoms with Crippen molar-refractivity contribution in [2.24, 2.45) is 0 Å². The Morgan fingerprint density at radius 3 is 2.80 bits per heavy atom. The number of amides is 1. The van der Waals surface area contributed by atoms with E-state index < -0.39 is 0 Å². The predicted molar refractivity (Wildman–Crippen MR) is 87.2 cm³/mol. The molecule has 3 N–H and O–H groups in total. The van der Waals surface area contributed by atoms with E-state index in [0.717, 1.165) is 0 Å². The van der Waals surface area contributed by atoms with Crippen molar-refractivity contribution in [3.8, 4) is 23.0 Å². The van der Waals surface area contributed by atoms with Crippen molar-refractivity contribution < 1.29 is 19.1 Å². The Kier molecular flexibility index (Phi) is 4.38. The number of aromatic hydroxyl groups is 1. The summed E-state index contributed by atoms with van der Waals surface area (Å²) in [6.07, 6.45) is 0. The Balaban J connectivity index is 1.75. The van der Waals surface area contributed by atoms with E-state index >= 15 is 0 Å². The lowest BCUT2D eigenvalue weighted by atomic mass is 10.2. The first kappa shape index (κ1) is 16.5. The van der Waals surface area contributed by atoms with E-state index in [1.54, 1.807) is 26.0 Å². The van der Waals surface area contributed by atoms with Crippen LogP contribution < -0.4 is 10.1 Å². The molecule has 0 unspecified atom stereocenters. The number of benzene rings is 1. The molecule has 0 spiro atoms. The Morgan fingerprint density at radius 2 is 2.16 bits per heavy atom. The normalized spacial score (nSPS) is 10.7. The number of H-pyrrole nitrogens is 1. The van der Waals surface area contributed by atoms with Crippen molar-refractivity contribution in [3.63, 3.8) is 0 Å². The van der Waals surface area contributed by atoms with E-state index in [4.69, 9.17) is 9.15 Å². The molecule has 25 heavy (non-hydrogen) atoms. The summed E-state index contributed by atoms with van der Waals surface area (Å²) in [5.41, 5.74) is 1.94. The number of aromatic nitrogens is 4. The molecule has 1 aromatic carbocycles. The number of methoxy groups -OCH3 is 1. The van der Waals surface area contributed by atoms with E-state index in [0.29, 0.717) is 34.4 Å². The second-order valence-corrected chi connectivity index (χ2v) is 5.35. The average Bonchev–Trinajstić information content (AvgIpc) is 3.18. The Labute approximate surface area is 143 Å². The average molecular weight is 343 g/mol. The molecule has 3 rings (SSSR count). The van der Waals surface area contributed by atoms with Crippen LogP contribution >= 0.6 is 0 Å². The lowest BCUT2D eigenvalue weighted by Gasteiger charge is -2.03. The predicted octanol–water partition coefficient (Wildman–Crippen LogP) is 1.72. The third-order valence-electron chi connectivity index (χ3n) is 3.67. The molecule has 0 aliphatic heterocycles. The van der Waals surface area contributed by atoms with E-state index in [1.165, 1.54) is 13.2 Å². The van der Waals surface area contributed by atoms with Gasteiger partial charge >= 0.3 is 0 Å². The number of aromatic amines is 1. The molecule has 130 valence electrons. The lowest BCUT2D eigenvalue weighted by Crippen LogP contribution is -2.24. The van der Waals surface area contributed by atoms with Gasteiger partial charge in [0.25, 0.3) is 5.91 Å². The second kappa shape index (κ2) is 6.63. The van der Waals surface area contributed by atoms with Crippen molar-refractivity contribution in [3.05, 3.63) is 41.0 Å². The summed E-state index contributed by atoms with van der Waals surface area (Å²) in [5, 5.41) is 22.6. The highest BCUT2D eigenvalue weighted by molar-refractivity contribution is 5.93. The topological polar surface area (TPSA) is 126 Å². The summed E-state index contributed by atoms with van der Waals surface area (Å²) in [6.45, 7) is 3.62. The standard InChI is InChI=1S/C16H17N5O4/c1-8-14(20-21-19-8)15(23)17-7-11-9(2)25-16(18-11)10-4-5-13(24-3)12(22)6-10/h4-6,22H,7H2,1-3H3,(H,17,23)(H,19,20,21). The van der Waals surface area contributed by atoms with Gasteiger partial charge in [0.2, 0.25) is 5.89 Å². The summed E-state index contributed by atoms with van der Waals surface area (Å²) in [5.74, 6) is 0.923.